The predicted octanol–water partition coefficient (Wildman–Crippen LogP) is 3.46. The summed E-state index contributed by atoms with van der Waals surface area (Å²) in [7, 11) is 0. The van der Waals surface area contributed by atoms with Gasteiger partial charge in [-0.3, -0.25) is 9.59 Å². The van der Waals surface area contributed by atoms with Gasteiger partial charge in [0, 0.05) is 11.9 Å². The first-order chi connectivity index (χ1) is 10.0. The van der Waals surface area contributed by atoms with Crippen LogP contribution in [0.2, 0.25) is 4.34 Å². The van der Waals surface area contributed by atoms with Gasteiger partial charge in [-0.25, -0.2) is 4.98 Å². The van der Waals surface area contributed by atoms with Crippen molar-refractivity contribution in [2.75, 3.05) is 13.1 Å². The second-order valence-electron chi connectivity index (χ2n) is 4.26. The number of halogens is 1. The molecule has 0 radical (unpaired) electrons. The highest BCUT2D eigenvalue weighted by Gasteiger charge is 2.21. The number of rotatable bonds is 6. The molecule has 0 atom stereocenters. The molecule has 0 bridgehead atoms. The van der Waals surface area contributed by atoms with Crippen molar-refractivity contribution in [3.05, 3.63) is 27.5 Å². The Morgan fingerprint density at radius 2 is 2.19 bits per heavy atom. The maximum Gasteiger partial charge on any atom is 0.323 e. The Morgan fingerprint density at radius 3 is 2.76 bits per heavy atom. The Bertz CT molecular complexity index is 653. The fourth-order valence-electron chi connectivity index (χ4n) is 1.76. The van der Waals surface area contributed by atoms with Crippen LogP contribution >= 0.6 is 34.3 Å². The van der Waals surface area contributed by atoms with E-state index in [0.29, 0.717) is 22.3 Å². The van der Waals surface area contributed by atoms with Crippen LogP contribution < -0.4 is 0 Å². The zero-order valence-electron chi connectivity index (χ0n) is 11.2. The third-order valence-corrected chi connectivity index (χ3v) is 4.86. The minimum absolute atomic E-state index is 0.272. The topological polar surface area (TPSA) is 70.5 Å². The Morgan fingerprint density at radius 1 is 1.43 bits per heavy atom. The minimum Gasteiger partial charge on any atom is -0.480 e. The molecule has 0 saturated heterocycles. The summed E-state index contributed by atoms with van der Waals surface area (Å²) in [5, 5.41) is 11.2. The monoisotopic (exact) mass is 344 g/mol. The van der Waals surface area contributed by atoms with Crippen molar-refractivity contribution in [2.24, 2.45) is 0 Å². The number of carboxylic acids is 1. The lowest BCUT2D eigenvalue weighted by Crippen LogP contribution is -2.36. The van der Waals surface area contributed by atoms with E-state index in [2.05, 4.69) is 4.98 Å². The summed E-state index contributed by atoms with van der Waals surface area (Å²) in [5.41, 5.74) is 0.272. The molecule has 0 aliphatic carbocycles. The molecule has 0 spiro atoms. The Kier molecular flexibility index (Phi) is 5.33. The highest BCUT2D eigenvalue weighted by Crippen LogP contribution is 2.33. The summed E-state index contributed by atoms with van der Waals surface area (Å²) in [6, 6.07) is 3.62. The van der Waals surface area contributed by atoms with Crippen molar-refractivity contribution >= 4 is 46.2 Å². The lowest BCUT2D eigenvalue weighted by Gasteiger charge is -2.18. The van der Waals surface area contributed by atoms with Crippen molar-refractivity contribution in [3.8, 4) is 9.88 Å². The largest absolute Gasteiger partial charge is 0.480 e. The molecule has 0 aliphatic rings. The molecule has 2 aromatic heterocycles. The number of carbonyl (C=O) groups is 2. The summed E-state index contributed by atoms with van der Waals surface area (Å²) in [6.45, 7) is 1.97. The Labute approximate surface area is 134 Å². The van der Waals surface area contributed by atoms with Crippen LogP contribution in [0.3, 0.4) is 0 Å². The molecule has 2 heterocycles. The molecule has 112 valence electrons. The highest BCUT2D eigenvalue weighted by atomic mass is 35.5. The van der Waals surface area contributed by atoms with Gasteiger partial charge in [-0.15, -0.1) is 22.7 Å². The van der Waals surface area contributed by atoms with E-state index in [-0.39, 0.29) is 18.1 Å². The maximum absolute atomic E-state index is 12.3. The van der Waals surface area contributed by atoms with E-state index in [0.717, 1.165) is 4.88 Å². The second-order valence-corrected chi connectivity index (χ2v) is 6.84. The number of aromatic nitrogens is 1. The van der Waals surface area contributed by atoms with Crippen molar-refractivity contribution in [3.63, 3.8) is 0 Å². The molecule has 0 fully saturated rings. The molecule has 1 amide bonds. The molecule has 2 aromatic rings. The van der Waals surface area contributed by atoms with Crippen LogP contribution in [0.1, 0.15) is 23.8 Å². The number of carbonyl (C=O) groups excluding carboxylic acids is 1. The van der Waals surface area contributed by atoms with Crippen LogP contribution in [0.15, 0.2) is 17.5 Å². The maximum atomic E-state index is 12.3. The van der Waals surface area contributed by atoms with E-state index < -0.39 is 5.97 Å². The Balaban J connectivity index is 2.18. The molecule has 5 nitrogen and oxygen atoms in total. The summed E-state index contributed by atoms with van der Waals surface area (Å²) < 4.78 is 0.659. The smallest absolute Gasteiger partial charge is 0.323 e. The van der Waals surface area contributed by atoms with E-state index in [1.54, 1.807) is 11.4 Å². The molecule has 1 N–H and O–H groups in total. The summed E-state index contributed by atoms with van der Waals surface area (Å²) in [6.07, 6.45) is 0.691. The van der Waals surface area contributed by atoms with Gasteiger partial charge < -0.3 is 10.0 Å². The van der Waals surface area contributed by atoms with Gasteiger partial charge in [-0.05, 0) is 18.6 Å². The van der Waals surface area contributed by atoms with Crippen LogP contribution in [0.5, 0.6) is 0 Å². The third kappa shape index (κ3) is 4.03. The van der Waals surface area contributed by atoms with Crippen LogP contribution in [0.25, 0.3) is 9.88 Å². The molecule has 8 heteroatoms. The van der Waals surface area contributed by atoms with Crippen molar-refractivity contribution in [1.82, 2.24) is 9.88 Å². The zero-order valence-corrected chi connectivity index (χ0v) is 13.6. The van der Waals surface area contributed by atoms with Gasteiger partial charge in [0.25, 0.3) is 5.91 Å². The normalized spacial score (nSPS) is 10.6. The quantitative estimate of drug-likeness (QED) is 0.871. The van der Waals surface area contributed by atoms with Crippen LogP contribution in [-0.2, 0) is 4.79 Å². The average Bonchev–Trinajstić information content (AvgIpc) is 3.05. The molecule has 0 unspecified atom stereocenters. The Hall–Kier alpha value is -1.44. The van der Waals surface area contributed by atoms with Crippen molar-refractivity contribution < 1.29 is 14.7 Å². The van der Waals surface area contributed by atoms with E-state index in [1.807, 2.05) is 13.0 Å². The van der Waals surface area contributed by atoms with Crippen LogP contribution in [0.4, 0.5) is 0 Å². The predicted molar refractivity (Wildman–Crippen MR) is 84.3 cm³/mol. The van der Waals surface area contributed by atoms with Crippen LogP contribution in [-0.4, -0.2) is 40.0 Å². The third-order valence-electron chi connectivity index (χ3n) is 2.61. The van der Waals surface area contributed by atoms with E-state index in [4.69, 9.17) is 16.7 Å². The summed E-state index contributed by atoms with van der Waals surface area (Å²) >= 11 is 8.62. The van der Waals surface area contributed by atoms with Gasteiger partial charge in [-0.1, -0.05) is 18.5 Å². The first-order valence-electron chi connectivity index (χ1n) is 6.23. The number of thiophene rings is 1. The van der Waals surface area contributed by atoms with Gasteiger partial charge in [-0.2, -0.15) is 0 Å². The van der Waals surface area contributed by atoms with Gasteiger partial charge in [0.05, 0.1) is 9.21 Å². The summed E-state index contributed by atoms with van der Waals surface area (Å²) in [4.78, 5) is 29.6. The number of carboxylic acid groups (broad SMARTS) is 1. The first-order valence-corrected chi connectivity index (χ1v) is 8.31. The number of nitrogens with zero attached hydrogens (tertiary/aromatic N) is 2. The van der Waals surface area contributed by atoms with Gasteiger partial charge >= 0.3 is 5.97 Å². The van der Waals surface area contributed by atoms with Crippen molar-refractivity contribution in [1.29, 1.82) is 0 Å². The van der Waals surface area contributed by atoms with Gasteiger partial charge in [0.1, 0.15) is 17.2 Å². The molecule has 2 rings (SSSR count). The average molecular weight is 345 g/mol. The SMILES string of the molecule is CCCN(CC(=O)O)C(=O)c1csc(-c2ccc(Cl)s2)n1. The minimum atomic E-state index is -1.03. The highest BCUT2D eigenvalue weighted by molar-refractivity contribution is 7.23. The standard InChI is InChI=1S/C13H13ClN2O3S2/c1-2-5-16(6-11(17)18)13(19)8-7-20-12(15-8)9-3-4-10(14)21-9/h3-4,7H,2,5-6H2,1H3,(H,17,18). The van der Waals surface area contributed by atoms with E-state index >= 15 is 0 Å². The molecular weight excluding hydrogens is 332 g/mol. The number of hydrogen-bond donors (Lipinski definition) is 1. The van der Waals surface area contributed by atoms with Crippen molar-refractivity contribution in [2.45, 2.75) is 13.3 Å². The fourth-order valence-corrected chi connectivity index (χ4v) is 3.67. The fraction of sp³-hybridized carbons (Fsp3) is 0.308. The molecule has 21 heavy (non-hydrogen) atoms. The van der Waals surface area contributed by atoms with E-state index in [1.165, 1.54) is 27.6 Å². The van der Waals surface area contributed by atoms with E-state index in [9.17, 15) is 9.59 Å². The lowest BCUT2D eigenvalue weighted by molar-refractivity contribution is -0.137. The molecule has 0 aromatic carbocycles. The molecular formula is C13H13ClN2O3S2. The second kappa shape index (κ2) is 7.02. The van der Waals surface area contributed by atoms with Gasteiger partial charge in [0.2, 0.25) is 0 Å². The molecule has 0 aliphatic heterocycles. The lowest BCUT2D eigenvalue weighted by atomic mass is 10.3. The first kappa shape index (κ1) is 15.9. The number of amides is 1. The zero-order chi connectivity index (χ0) is 15.4. The van der Waals surface area contributed by atoms with Crippen LogP contribution in [0, 0.1) is 0 Å². The summed E-state index contributed by atoms with van der Waals surface area (Å²) in [5.74, 6) is -1.39. The van der Waals surface area contributed by atoms with Gasteiger partial charge in [0.15, 0.2) is 0 Å². The number of hydrogen-bond acceptors (Lipinski definition) is 5. The number of thiazole rings is 1. The molecule has 0 saturated carbocycles. The number of aliphatic carboxylic acids is 1.